The molecule has 2 nitrogen and oxygen atoms in total. The molecule has 0 aliphatic heterocycles. The molecule has 0 atom stereocenters. The van der Waals surface area contributed by atoms with Crippen molar-refractivity contribution in [1.82, 2.24) is 0 Å². The maximum absolute atomic E-state index is 9.32. The summed E-state index contributed by atoms with van der Waals surface area (Å²) in [6.45, 7) is 3.42. The third-order valence-corrected chi connectivity index (χ3v) is 2.02. The van der Waals surface area contributed by atoms with Crippen LogP contribution in [0.3, 0.4) is 0 Å². The third-order valence-electron chi connectivity index (χ3n) is 1.68. The molecule has 3 heteroatoms. The highest BCUT2D eigenvalue weighted by atomic mass is 32.1. The van der Waals surface area contributed by atoms with E-state index >= 15 is 0 Å². The summed E-state index contributed by atoms with van der Waals surface area (Å²) in [6.07, 6.45) is 0. The van der Waals surface area contributed by atoms with E-state index < -0.39 is 0 Å². The van der Waals surface area contributed by atoms with Crippen LogP contribution in [-0.4, -0.2) is 10.2 Å². The Balaban J connectivity index is 3.46. The normalized spacial score (nSPS) is 10.1. The Kier molecular flexibility index (Phi) is 2.00. The number of phenolic OH excluding ortho intramolecular Hbond substituents is 2. The molecule has 0 spiro atoms. The van der Waals surface area contributed by atoms with Crippen molar-refractivity contribution in [3.63, 3.8) is 0 Å². The van der Waals surface area contributed by atoms with Crippen LogP contribution in [0, 0.1) is 13.8 Å². The molecule has 0 radical (unpaired) electrons. The number of hydrogen-bond acceptors (Lipinski definition) is 3. The molecule has 0 amide bonds. The molecule has 11 heavy (non-hydrogen) atoms. The lowest BCUT2D eigenvalue weighted by Crippen LogP contribution is -1.82. The molecule has 60 valence electrons. The Bertz CT molecular complexity index is 268. The van der Waals surface area contributed by atoms with Crippen LogP contribution in [0.1, 0.15) is 11.1 Å². The molecule has 0 fully saturated rings. The highest BCUT2D eigenvalue weighted by Crippen LogP contribution is 2.34. The summed E-state index contributed by atoms with van der Waals surface area (Å²) in [4.78, 5) is 0.498. The quantitative estimate of drug-likeness (QED) is 0.521. The van der Waals surface area contributed by atoms with Crippen LogP contribution in [0.15, 0.2) is 11.0 Å². The van der Waals surface area contributed by atoms with Crippen molar-refractivity contribution in [3.05, 3.63) is 17.2 Å². The monoisotopic (exact) mass is 170 g/mol. The highest BCUT2D eigenvalue weighted by Gasteiger charge is 2.08. The number of phenols is 2. The minimum Gasteiger partial charge on any atom is -0.507 e. The average Bonchev–Trinajstić information content (AvgIpc) is 1.97. The molecular formula is C8H10O2S. The van der Waals surface area contributed by atoms with E-state index in [4.69, 9.17) is 0 Å². The number of benzene rings is 1. The van der Waals surface area contributed by atoms with Gasteiger partial charge < -0.3 is 10.2 Å². The van der Waals surface area contributed by atoms with Crippen LogP contribution in [0.5, 0.6) is 11.5 Å². The van der Waals surface area contributed by atoms with Gasteiger partial charge in [-0.3, -0.25) is 0 Å². The first-order valence-corrected chi connectivity index (χ1v) is 3.70. The molecule has 0 saturated heterocycles. The van der Waals surface area contributed by atoms with Gasteiger partial charge in [0.2, 0.25) is 0 Å². The van der Waals surface area contributed by atoms with E-state index in [1.54, 1.807) is 19.9 Å². The zero-order valence-corrected chi connectivity index (χ0v) is 7.31. The minimum absolute atomic E-state index is 0.0523. The molecule has 0 aliphatic rings. The maximum Gasteiger partial charge on any atom is 0.135 e. The van der Waals surface area contributed by atoms with Gasteiger partial charge in [-0.15, -0.1) is 12.6 Å². The molecule has 0 bridgehead atoms. The molecule has 1 rings (SSSR count). The van der Waals surface area contributed by atoms with Crippen molar-refractivity contribution in [2.45, 2.75) is 18.7 Å². The van der Waals surface area contributed by atoms with E-state index in [0.717, 1.165) is 5.56 Å². The predicted molar refractivity (Wildman–Crippen MR) is 46.5 cm³/mol. The van der Waals surface area contributed by atoms with Crippen LogP contribution in [0.25, 0.3) is 0 Å². The summed E-state index contributed by atoms with van der Waals surface area (Å²) in [6, 6.07) is 1.63. The number of thiol groups is 1. The highest BCUT2D eigenvalue weighted by molar-refractivity contribution is 7.80. The third kappa shape index (κ3) is 1.28. The lowest BCUT2D eigenvalue weighted by Gasteiger charge is -2.06. The van der Waals surface area contributed by atoms with Gasteiger partial charge in [0.05, 0.1) is 0 Å². The Morgan fingerprint density at radius 2 is 1.73 bits per heavy atom. The molecule has 1 aromatic rings. The number of aromatic hydroxyl groups is 2. The van der Waals surface area contributed by atoms with Gasteiger partial charge in [-0.2, -0.15) is 0 Å². The number of hydrogen-bond donors (Lipinski definition) is 3. The van der Waals surface area contributed by atoms with Gasteiger partial charge in [-0.05, 0) is 25.5 Å². The zero-order valence-electron chi connectivity index (χ0n) is 6.42. The fourth-order valence-corrected chi connectivity index (χ4v) is 1.30. The molecule has 0 aliphatic carbocycles. The Hall–Kier alpha value is -0.830. The summed E-state index contributed by atoms with van der Waals surface area (Å²) >= 11 is 4.02. The van der Waals surface area contributed by atoms with Gasteiger partial charge in [0.15, 0.2) is 0 Å². The van der Waals surface area contributed by atoms with Gasteiger partial charge in [0.25, 0.3) is 0 Å². The summed E-state index contributed by atoms with van der Waals surface area (Å²) in [5.41, 5.74) is 1.21. The van der Waals surface area contributed by atoms with Crippen LogP contribution in [-0.2, 0) is 0 Å². The molecule has 0 heterocycles. The predicted octanol–water partition coefficient (Wildman–Crippen LogP) is 2.00. The van der Waals surface area contributed by atoms with Gasteiger partial charge >= 0.3 is 0 Å². The van der Waals surface area contributed by atoms with Gasteiger partial charge in [0.1, 0.15) is 11.5 Å². The second-order valence-electron chi connectivity index (χ2n) is 2.53. The second kappa shape index (κ2) is 2.66. The van der Waals surface area contributed by atoms with E-state index in [2.05, 4.69) is 12.6 Å². The maximum atomic E-state index is 9.32. The molecule has 0 unspecified atom stereocenters. The lowest BCUT2D eigenvalue weighted by atomic mass is 10.1. The van der Waals surface area contributed by atoms with Gasteiger partial charge in [-0.25, -0.2) is 0 Å². The van der Waals surface area contributed by atoms with Crippen LogP contribution in [0.4, 0.5) is 0 Å². The van der Waals surface area contributed by atoms with Crippen LogP contribution >= 0.6 is 12.6 Å². The number of rotatable bonds is 0. The number of aryl methyl sites for hydroxylation is 1. The molecule has 2 N–H and O–H groups in total. The summed E-state index contributed by atoms with van der Waals surface area (Å²) in [5.74, 6) is 0.191. The van der Waals surface area contributed by atoms with Crippen molar-refractivity contribution in [3.8, 4) is 11.5 Å². The lowest BCUT2D eigenvalue weighted by molar-refractivity contribution is 0.432. The second-order valence-corrected chi connectivity index (χ2v) is 3.02. The first-order valence-electron chi connectivity index (χ1n) is 3.25. The fourth-order valence-electron chi connectivity index (χ4n) is 0.942. The largest absolute Gasteiger partial charge is 0.507 e. The first kappa shape index (κ1) is 8.27. The Labute approximate surface area is 70.9 Å². The minimum atomic E-state index is 0.0523. The van der Waals surface area contributed by atoms with E-state index in [1.165, 1.54) is 0 Å². The average molecular weight is 170 g/mol. The van der Waals surface area contributed by atoms with Crippen LogP contribution < -0.4 is 0 Å². The summed E-state index contributed by atoms with van der Waals surface area (Å²) in [5, 5.41) is 18.6. The smallest absolute Gasteiger partial charge is 0.135 e. The molecule has 1 aromatic carbocycles. The van der Waals surface area contributed by atoms with E-state index in [-0.39, 0.29) is 11.5 Å². The van der Waals surface area contributed by atoms with E-state index in [9.17, 15) is 10.2 Å². The van der Waals surface area contributed by atoms with Crippen molar-refractivity contribution in [1.29, 1.82) is 0 Å². The Morgan fingerprint density at radius 3 is 2.27 bits per heavy atom. The SMILES string of the molecule is Cc1cc(S)c(O)c(C)c1O. The molecular weight excluding hydrogens is 160 g/mol. The first-order chi connectivity index (χ1) is 5.04. The summed E-state index contributed by atoms with van der Waals surface area (Å²) in [7, 11) is 0. The van der Waals surface area contributed by atoms with E-state index in [1.807, 2.05) is 0 Å². The van der Waals surface area contributed by atoms with Crippen molar-refractivity contribution >= 4 is 12.6 Å². The summed E-state index contributed by atoms with van der Waals surface area (Å²) < 4.78 is 0. The van der Waals surface area contributed by atoms with Crippen molar-refractivity contribution in [2.24, 2.45) is 0 Å². The van der Waals surface area contributed by atoms with Crippen molar-refractivity contribution in [2.75, 3.05) is 0 Å². The van der Waals surface area contributed by atoms with Gasteiger partial charge in [-0.1, -0.05) is 0 Å². The van der Waals surface area contributed by atoms with E-state index in [0.29, 0.717) is 10.5 Å². The zero-order chi connectivity index (χ0) is 8.59. The van der Waals surface area contributed by atoms with Crippen LogP contribution in [0.2, 0.25) is 0 Å². The molecule has 0 aromatic heterocycles. The fraction of sp³-hybridized carbons (Fsp3) is 0.250. The standard InChI is InChI=1S/C8H10O2S/c1-4-3-6(11)8(10)5(2)7(4)9/h3,9-11H,1-2H3. The Morgan fingerprint density at radius 1 is 1.18 bits per heavy atom. The topological polar surface area (TPSA) is 40.5 Å². The molecule has 0 saturated carbocycles. The van der Waals surface area contributed by atoms with Crippen molar-refractivity contribution < 1.29 is 10.2 Å². The van der Waals surface area contributed by atoms with Gasteiger partial charge in [0, 0.05) is 10.5 Å².